The second-order valence-electron chi connectivity index (χ2n) is 3.56. The van der Waals surface area contributed by atoms with Crippen molar-refractivity contribution >= 4 is 0 Å². The van der Waals surface area contributed by atoms with Crippen LogP contribution in [0.1, 0.15) is 18.1 Å². The van der Waals surface area contributed by atoms with Crippen molar-refractivity contribution < 1.29 is 23.4 Å². The molecule has 0 spiro atoms. The summed E-state index contributed by atoms with van der Waals surface area (Å²) in [6.07, 6.45) is -1.82. The van der Waals surface area contributed by atoms with Gasteiger partial charge in [0.2, 0.25) is 0 Å². The maximum absolute atomic E-state index is 13.3. The second kappa shape index (κ2) is 4.86. The van der Waals surface area contributed by atoms with Crippen LogP contribution in [-0.4, -0.2) is 24.6 Å². The van der Waals surface area contributed by atoms with Crippen LogP contribution in [0.25, 0.3) is 0 Å². The fourth-order valence-electron chi connectivity index (χ4n) is 1.67. The molecule has 1 fully saturated rings. The molecule has 1 aromatic carbocycles. The zero-order valence-corrected chi connectivity index (χ0v) is 8.53. The standard InChI is InChI=1S/C11H12F2O3/c12-7-2-1-3-8(13)11(7)9(14)6-10-15-4-5-16-10/h1-3,9-10,14H,4-6H2. The molecule has 1 N–H and O–H groups in total. The van der Waals surface area contributed by atoms with E-state index in [0.29, 0.717) is 13.2 Å². The molecule has 16 heavy (non-hydrogen) atoms. The molecule has 1 aliphatic heterocycles. The highest BCUT2D eigenvalue weighted by molar-refractivity contribution is 5.22. The number of hydrogen-bond donors (Lipinski definition) is 1. The maximum Gasteiger partial charge on any atom is 0.160 e. The van der Waals surface area contributed by atoms with Crippen LogP contribution in [0.15, 0.2) is 18.2 Å². The van der Waals surface area contributed by atoms with Gasteiger partial charge >= 0.3 is 0 Å². The Morgan fingerprint density at radius 3 is 2.38 bits per heavy atom. The van der Waals surface area contributed by atoms with Crippen LogP contribution in [-0.2, 0) is 9.47 Å². The minimum Gasteiger partial charge on any atom is -0.388 e. The lowest BCUT2D eigenvalue weighted by molar-refractivity contribution is -0.0716. The molecule has 1 atom stereocenters. The molecule has 1 heterocycles. The molecular formula is C11H12F2O3. The summed E-state index contributed by atoms with van der Waals surface area (Å²) in [6, 6.07) is 3.47. The Balaban J connectivity index is 2.10. The molecule has 0 bridgehead atoms. The highest BCUT2D eigenvalue weighted by Crippen LogP contribution is 2.26. The van der Waals surface area contributed by atoms with Gasteiger partial charge in [-0.05, 0) is 12.1 Å². The minimum absolute atomic E-state index is 0.0256. The average Bonchev–Trinajstić information content (AvgIpc) is 2.70. The van der Waals surface area contributed by atoms with Crippen LogP contribution in [0, 0.1) is 11.6 Å². The summed E-state index contributed by atoms with van der Waals surface area (Å²) in [7, 11) is 0. The van der Waals surface area contributed by atoms with Crippen molar-refractivity contribution in [3.63, 3.8) is 0 Å². The maximum atomic E-state index is 13.3. The summed E-state index contributed by atoms with van der Waals surface area (Å²) in [4.78, 5) is 0. The number of aliphatic hydroxyl groups is 1. The third-order valence-corrected chi connectivity index (χ3v) is 2.44. The fraction of sp³-hybridized carbons (Fsp3) is 0.455. The van der Waals surface area contributed by atoms with Gasteiger partial charge in [-0.2, -0.15) is 0 Å². The quantitative estimate of drug-likeness (QED) is 0.859. The van der Waals surface area contributed by atoms with Crippen molar-refractivity contribution in [3.05, 3.63) is 35.4 Å². The van der Waals surface area contributed by atoms with E-state index in [1.54, 1.807) is 0 Å². The SMILES string of the molecule is OC(CC1OCCO1)c1c(F)cccc1F. The number of benzene rings is 1. The van der Waals surface area contributed by atoms with Gasteiger partial charge in [0.25, 0.3) is 0 Å². The summed E-state index contributed by atoms with van der Waals surface area (Å²) in [6.45, 7) is 0.883. The van der Waals surface area contributed by atoms with E-state index in [9.17, 15) is 13.9 Å². The molecule has 0 radical (unpaired) electrons. The predicted octanol–water partition coefficient (Wildman–Crippen LogP) is 1.76. The number of aliphatic hydroxyl groups excluding tert-OH is 1. The van der Waals surface area contributed by atoms with E-state index in [4.69, 9.17) is 9.47 Å². The number of rotatable bonds is 3. The van der Waals surface area contributed by atoms with Crippen molar-refractivity contribution in [2.45, 2.75) is 18.8 Å². The molecule has 1 aromatic rings. The van der Waals surface area contributed by atoms with E-state index < -0.39 is 24.0 Å². The summed E-state index contributed by atoms with van der Waals surface area (Å²) >= 11 is 0. The lowest BCUT2D eigenvalue weighted by Crippen LogP contribution is -2.15. The van der Waals surface area contributed by atoms with Crippen LogP contribution < -0.4 is 0 Å². The summed E-state index contributed by atoms with van der Waals surface area (Å²) in [5.41, 5.74) is -0.332. The Hall–Kier alpha value is -1.04. The van der Waals surface area contributed by atoms with Crippen molar-refractivity contribution in [2.75, 3.05) is 13.2 Å². The zero-order chi connectivity index (χ0) is 11.5. The molecule has 1 unspecified atom stereocenters. The van der Waals surface area contributed by atoms with Crippen LogP contribution in [0.4, 0.5) is 8.78 Å². The zero-order valence-electron chi connectivity index (χ0n) is 8.53. The smallest absolute Gasteiger partial charge is 0.160 e. The lowest BCUT2D eigenvalue weighted by Gasteiger charge is -2.16. The summed E-state index contributed by atoms with van der Waals surface area (Å²) in [5, 5.41) is 9.70. The third-order valence-electron chi connectivity index (χ3n) is 2.44. The van der Waals surface area contributed by atoms with Crippen molar-refractivity contribution in [3.8, 4) is 0 Å². The third kappa shape index (κ3) is 2.37. The lowest BCUT2D eigenvalue weighted by atomic mass is 10.1. The van der Waals surface area contributed by atoms with Gasteiger partial charge in [0.05, 0.1) is 24.9 Å². The molecule has 0 saturated carbocycles. The highest BCUT2D eigenvalue weighted by Gasteiger charge is 2.24. The molecule has 88 valence electrons. The Kier molecular flexibility index (Phi) is 3.48. The summed E-state index contributed by atoms with van der Waals surface area (Å²) in [5.74, 6) is -1.52. The molecule has 3 nitrogen and oxygen atoms in total. The van der Waals surface area contributed by atoms with Crippen LogP contribution in [0.2, 0.25) is 0 Å². The number of halogens is 2. The van der Waals surface area contributed by atoms with E-state index in [-0.39, 0.29) is 12.0 Å². The molecule has 0 amide bonds. The Labute approximate surface area is 91.6 Å². The van der Waals surface area contributed by atoms with Crippen LogP contribution in [0.3, 0.4) is 0 Å². The predicted molar refractivity (Wildman–Crippen MR) is 51.6 cm³/mol. The van der Waals surface area contributed by atoms with Gasteiger partial charge in [-0.25, -0.2) is 8.78 Å². The second-order valence-corrected chi connectivity index (χ2v) is 3.56. The first-order valence-electron chi connectivity index (χ1n) is 5.03. The van der Waals surface area contributed by atoms with Gasteiger partial charge in [-0.3, -0.25) is 0 Å². The normalized spacial score (nSPS) is 18.9. The largest absolute Gasteiger partial charge is 0.388 e. The molecule has 0 aliphatic carbocycles. The number of hydrogen-bond acceptors (Lipinski definition) is 3. The van der Waals surface area contributed by atoms with E-state index >= 15 is 0 Å². The van der Waals surface area contributed by atoms with E-state index in [2.05, 4.69) is 0 Å². The van der Waals surface area contributed by atoms with E-state index in [1.807, 2.05) is 0 Å². The Bertz CT molecular complexity index is 344. The van der Waals surface area contributed by atoms with Gasteiger partial charge in [0, 0.05) is 6.42 Å². The van der Waals surface area contributed by atoms with E-state index in [1.165, 1.54) is 6.07 Å². The molecule has 2 rings (SSSR count). The van der Waals surface area contributed by atoms with Crippen molar-refractivity contribution in [1.29, 1.82) is 0 Å². The Morgan fingerprint density at radius 2 is 1.81 bits per heavy atom. The van der Waals surface area contributed by atoms with Crippen molar-refractivity contribution in [2.24, 2.45) is 0 Å². The van der Waals surface area contributed by atoms with Gasteiger partial charge in [-0.1, -0.05) is 6.07 Å². The van der Waals surface area contributed by atoms with E-state index in [0.717, 1.165) is 12.1 Å². The first-order chi connectivity index (χ1) is 7.68. The minimum atomic E-state index is -1.26. The topological polar surface area (TPSA) is 38.7 Å². The molecule has 1 saturated heterocycles. The Morgan fingerprint density at radius 1 is 1.25 bits per heavy atom. The first-order valence-corrected chi connectivity index (χ1v) is 5.03. The highest BCUT2D eigenvalue weighted by atomic mass is 19.1. The van der Waals surface area contributed by atoms with Crippen LogP contribution >= 0.6 is 0 Å². The van der Waals surface area contributed by atoms with Gasteiger partial charge in [0.15, 0.2) is 6.29 Å². The number of ether oxygens (including phenoxy) is 2. The van der Waals surface area contributed by atoms with Gasteiger partial charge < -0.3 is 14.6 Å². The molecule has 5 heteroatoms. The fourth-order valence-corrected chi connectivity index (χ4v) is 1.67. The molecular weight excluding hydrogens is 218 g/mol. The summed E-state index contributed by atoms with van der Waals surface area (Å²) < 4.78 is 36.8. The van der Waals surface area contributed by atoms with Crippen LogP contribution in [0.5, 0.6) is 0 Å². The average molecular weight is 230 g/mol. The molecule has 1 aliphatic rings. The van der Waals surface area contributed by atoms with Gasteiger partial charge in [-0.15, -0.1) is 0 Å². The first kappa shape index (κ1) is 11.4. The van der Waals surface area contributed by atoms with Crippen molar-refractivity contribution in [1.82, 2.24) is 0 Å². The monoisotopic (exact) mass is 230 g/mol. The molecule has 0 aromatic heterocycles. The van der Waals surface area contributed by atoms with Gasteiger partial charge in [0.1, 0.15) is 11.6 Å².